The molecule has 1 atom stereocenters. The third-order valence-electron chi connectivity index (χ3n) is 4.36. The summed E-state index contributed by atoms with van der Waals surface area (Å²) in [7, 11) is 4.51. The van der Waals surface area contributed by atoms with Gasteiger partial charge in [-0.25, -0.2) is 4.98 Å². The quantitative estimate of drug-likeness (QED) is 0.408. The van der Waals surface area contributed by atoms with E-state index in [1.54, 1.807) is 19.2 Å². The molecule has 1 fully saturated rings. The maximum Gasteiger partial charge on any atom is 0.286 e. The molecule has 10 heteroatoms. The van der Waals surface area contributed by atoms with Crippen LogP contribution in [0.25, 0.3) is 12.7 Å². The van der Waals surface area contributed by atoms with Gasteiger partial charge in [0.25, 0.3) is 10.8 Å². The van der Waals surface area contributed by atoms with E-state index in [1.807, 2.05) is 0 Å². The molecule has 1 saturated heterocycles. The molecule has 0 bridgehead atoms. The van der Waals surface area contributed by atoms with Crippen molar-refractivity contribution < 1.29 is 23.8 Å². The Balaban J connectivity index is 2.09. The van der Waals surface area contributed by atoms with Crippen molar-refractivity contribution in [1.82, 2.24) is 14.9 Å². The van der Waals surface area contributed by atoms with Crippen molar-refractivity contribution in [2.45, 2.75) is 18.3 Å². The number of ether oxygens (including phenoxy) is 3. The number of methoxy groups -OCH3 is 2. The SMILES string of the molecule is C=C(/C=C\C(=C)OCc1n/c(=C/C(=C/OC)OC)c(=C)c(=O)n1C)CC1SC(=O)NC1=O. The predicted molar refractivity (Wildman–Crippen MR) is 123 cm³/mol. The summed E-state index contributed by atoms with van der Waals surface area (Å²) in [6.45, 7) is 11.5. The number of rotatable bonds is 10. The van der Waals surface area contributed by atoms with Crippen molar-refractivity contribution in [2.75, 3.05) is 14.2 Å². The van der Waals surface area contributed by atoms with Gasteiger partial charge in [-0.15, -0.1) is 0 Å². The molecule has 1 aliphatic heterocycles. The summed E-state index contributed by atoms with van der Waals surface area (Å²) < 4.78 is 17.0. The van der Waals surface area contributed by atoms with Gasteiger partial charge in [0.15, 0.2) is 5.76 Å². The molecule has 9 nitrogen and oxygen atoms in total. The second kappa shape index (κ2) is 11.2. The lowest BCUT2D eigenvalue weighted by Crippen LogP contribution is -2.47. The molecular weight excluding hydrogens is 434 g/mol. The van der Waals surface area contributed by atoms with E-state index < -0.39 is 5.25 Å². The lowest BCUT2D eigenvalue weighted by Gasteiger charge is -2.10. The van der Waals surface area contributed by atoms with Crippen LogP contribution in [0.1, 0.15) is 12.2 Å². The van der Waals surface area contributed by atoms with Crippen LogP contribution in [0.3, 0.4) is 0 Å². The van der Waals surface area contributed by atoms with Crippen molar-refractivity contribution in [2.24, 2.45) is 7.05 Å². The highest BCUT2D eigenvalue weighted by Gasteiger charge is 2.31. The number of imide groups is 1. The Kier molecular flexibility index (Phi) is 8.65. The van der Waals surface area contributed by atoms with Crippen LogP contribution < -0.4 is 21.4 Å². The highest BCUT2D eigenvalue weighted by molar-refractivity contribution is 8.15. The molecule has 1 aromatic heterocycles. The minimum Gasteiger partial charge on any atom is -0.501 e. The minimum atomic E-state index is -0.493. The fourth-order valence-electron chi connectivity index (χ4n) is 2.60. The third-order valence-corrected chi connectivity index (χ3v) is 5.34. The maximum absolute atomic E-state index is 12.5. The van der Waals surface area contributed by atoms with Crippen LogP contribution in [-0.2, 0) is 32.7 Å². The number of nitrogens with zero attached hydrogens (tertiary/aromatic N) is 2. The van der Waals surface area contributed by atoms with Crippen molar-refractivity contribution in [3.8, 4) is 0 Å². The topological polar surface area (TPSA) is 109 Å². The fraction of sp³-hybridized carbons (Fsp3) is 0.273. The van der Waals surface area contributed by atoms with Gasteiger partial charge >= 0.3 is 0 Å². The standard InChI is InChI=1S/C22H25N3O6S/c1-13(9-18-20(26)24-22(28)32-18)7-8-14(2)31-12-19-23-17(10-16(30-6)11-29-5)15(3)21(27)25(19)4/h7-8,10-11,18H,1-3,9,12H2,4-6H3,(H,24,26,28)/b8-7-,16-11-,17-10+. The first kappa shape index (κ1) is 24.7. The molecule has 170 valence electrons. The van der Waals surface area contributed by atoms with Crippen LogP contribution in [0.5, 0.6) is 0 Å². The van der Waals surface area contributed by atoms with Gasteiger partial charge in [-0.1, -0.05) is 43.1 Å². The molecular formula is C22H25N3O6S. The highest BCUT2D eigenvalue weighted by Crippen LogP contribution is 2.25. The molecule has 32 heavy (non-hydrogen) atoms. The summed E-state index contributed by atoms with van der Waals surface area (Å²) in [6.07, 6.45) is 6.48. The molecule has 2 rings (SSSR count). The molecule has 0 aliphatic carbocycles. The summed E-state index contributed by atoms with van der Waals surface area (Å²) >= 11 is 0.940. The number of hydrogen-bond acceptors (Lipinski definition) is 8. The summed E-state index contributed by atoms with van der Waals surface area (Å²) in [5, 5.41) is 1.92. The molecule has 1 aromatic rings. The molecule has 0 radical (unpaired) electrons. The van der Waals surface area contributed by atoms with Crippen LogP contribution in [0.2, 0.25) is 0 Å². The number of allylic oxidation sites excluding steroid dienone is 4. The highest BCUT2D eigenvalue weighted by atomic mass is 32.2. The Morgan fingerprint density at radius 1 is 1.25 bits per heavy atom. The Hall–Kier alpha value is -3.53. The van der Waals surface area contributed by atoms with E-state index in [1.165, 1.54) is 31.1 Å². The first-order valence-electron chi connectivity index (χ1n) is 9.38. The first-order chi connectivity index (χ1) is 15.2. The van der Waals surface area contributed by atoms with Gasteiger partial charge < -0.3 is 14.2 Å². The van der Waals surface area contributed by atoms with Crippen molar-refractivity contribution in [3.63, 3.8) is 0 Å². The maximum atomic E-state index is 12.5. The van der Waals surface area contributed by atoms with Gasteiger partial charge in [-0.2, -0.15) is 0 Å². The van der Waals surface area contributed by atoms with E-state index in [-0.39, 0.29) is 28.5 Å². The minimum absolute atomic E-state index is 0.0196. The zero-order chi connectivity index (χ0) is 23.8. The van der Waals surface area contributed by atoms with E-state index in [4.69, 9.17) is 14.2 Å². The number of carbonyl (C=O) groups excluding carboxylic acids is 2. The lowest BCUT2D eigenvalue weighted by atomic mass is 10.1. The molecule has 1 unspecified atom stereocenters. The van der Waals surface area contributed by atoms with Crippen LogP contribution in [0.15, 0.2) is 53.5 Å². The molecule has 2 heterocycles. The zero-order valence-corrected chi connectivity index (χ0v) is 19.0. The number of amides is 2. The van der Waals surface area contributed by atoms with Gasteiger partial charge in [0, 0.05) is 13.1 Å². The lowest BCUT2D eigenvalue weighted by molar-refractivity contribution is -0.118. The van der Waals surface area contributed by atoms with E-state index in [0.717, 1.165) is 11.8 Å². The summed E-state index contributed by atoms with van der Waals surface area (Å²) in [4.78, 5) is 39.8. The smallest absolute Gasteiger partial charge is 0.286 e. The van der Waals surface area contributed by atoms with Crippen LogP contribution in [0.4, 0.5) is 4.79 Å². The van der Waals surface area contributed by atoms with Gasteiger partial charge in [0.2, 0.25) is 5.91 Å². The van der Waals surface area contributed by atoms with E-state index in [0.29, 0.717) is 34.7 Å². The molecule has 0 spiro atoms. The first-order valence-corrected chi connectivity index (χ1v) is 10.3. The van der Waals surface area contributed by atoms with Crippen LogP contribution in [-0.4, -0.2) is 40.2 Å². The molecule has 2 amide bonds. The van der Waals surface area contributed by atoms with Gasteiger partial charge in [0.05, 0.1) is 30.0 Å². The number of aromatic nitrogens is 2. The monoisotopic (exact) mass is 459 g/mol. The normalized spacial score (nSPS) is 16.9. The van der Waals surface area contributed by atoms with E-state index >= 15 is 0 Å². The van der Waals surface area contributed by atoms with Crippen molar-refractivity contribution in [3.05, 3.63) is 75.4 Å². The third kappa shape index (κ3) is 6.48. The Bertz CT molecular complexity index is 1170. The predicted octanol–water partition coefficient (Wildman–Crippen LogP) is 0.990. The average Bonchev–Trinajstić information content (AvgIpc) is 3.07. The van der Waals surface area contributed by atoms with Gasteiger partial charge in [-0.05, 0) is 12.5 Å². The van der Waals surface area contributed by atoms with Crippen molar-refractivity contribution in [1.29, 1.82) is 0 Å². The van der Waals surface area contributed by atoms with E-state index in [9.17, 15) is 14.4 Å². The van der Waals surface area contributed by atoms with Gasteiger partial charge in [0.1, 0.15) is 24.5 Å². The zero-order valence-electron chi connectivity index (χ0n) is 18.2. The number of carbonyl (C=O) groups is 2. The summed E-state index contributed by atoms with van der Waals surface area (Å²) in [5.74, 6) is 0.704. The Morgan fingerprint density at radius 3 is 2.56 bits per heavy atom. The molecule has 1 N–H and O–H groups in total. The Labute approximate surface area is 189 Å². The largest absolute Gasteiger partial charge is 0.501 e. The van der Waals surface area contributed by atoms with Crippen LogP contribution >= 0.6 is 11.8 Å². The summed E-state index contributed by atoms with van der Waals surface area (Å²) in [6, 6.07) is 0. The fourth-order valence-corrected chi connectivity index (χ4v) is 3.48. The molecule has 1 aliphatic rings. The number of thioether (sulfide) groups is 1. The molecule has 0 aromatic carbocycles. The number of hydrogen-bond donors (Lipinski definition) is 1. The Morgan fingerprint density at radius 2 is 1.97 bits per heavy atom. The average molecular weight is 460 g/mol. The number of nitrogens with one attached hydrogen (secondary N) is 1. The van der Waals surface area contributed by atoms with Crippen molar-refractivity contribution >= 4 is 35.6 Å². The summed E-state index contributed by atoms with van der Waals surface area (Å²) in [5.41, 5.74) is 0.312. The van der Waals surface area contributed by atoms with E-state index in [2.05, 4.69) is 30.0 Å². The molecule has 0 saturated carbocycles. The van der Waals surface area contributed by atoms with Crippen LogP contribution in [0, 0.1) is 0 Å². The second-order valence-corrected chi connectivity index (χ2v) is 7.87. The van der Waals surface area contributed by atoms with Gasteiger partial charge in [-0.3, -0.25) is 24.3 Å². The second-order valence-electron chi connectivity index (χ2n) is 6.69.